The van der Waals surface area contributed by atoms with Crippen LogP contribution in [0.4, 0.5) is 5.69 Å². The van der Waals surface area contributed by atoms with Gasteiger partial charge in [0.1, 0.15) is 5.69 Å². The molecule has 2 unspecified atom stereocenters. The maximum atomic E-state index is 12.1. The first-order chi connectivity index (χ1) is 12.7. The minimum atomic E-state index is -0.234. The Hall–Kier alpha value is -2.27. The topological polar surface area (TPSA) is 58.1 Å². The summed E-state index contributed by atoms with van der Waals surface area (Å²) in [6.45, 7) is 8.27. The lowest BCUT2D eigenvalue weighted by Crippen LogP contribution is -2.39. The molecule has 2 heterocycles. The molecule has 1 aromatic carbocycles. The van der Waals surface area contributed by atoms with Crippen LogP contribution in [0.5, 0.6) is 0 Å². The van der Waals surface area contributed by atoms with Crippen LogP contribution in [0.1, 0.15) is 42.7 Å². The van der Waals surface area contributed by atoms with Gasteiger partial charge in [-0.05, 0) is 61.9 Å². The van der Waals surface area contributed by atoms with E-state index < -0.39 is 0 Å². The van der Waals surface area contributed by atoms with Gasteiger partial charge in [-0.15, -0.1) is 0 Å². The fourth-order valence-electron chi connectivity index (χ4n) is 3.71. The first-order valence-electron chi connectivity index (χ1n) is 9.54. The lowest BCUT2D eigenvalue weighted by molar-refractivity contribution is 0.102. The fraction of sp³-hybridized carbons (Fsp3) is 0.476. The van der Waals surface area contributed by atoms with Crippen molar-refractivity contribution in [3.05, 3.63) is 54.1 Å². The molecular weight excluding hydrogens is 324 g/mol. The van der Waals surface area contributed by atoms with E-state index in [0.717, 1.165) is 23.9 Å². The van der Waals surface area contributed by atoms with Crippen LogP contribution in [0.3, 0.4) is 0 Å². The van der Waals surface area contributed by atoms with E-state index in [2.05, 4.69) is 46.2 Å². The number of nitrogens with zero attached hydrogens (tertiary/aromatic N) is 3. The molecule has 0 aliphatic carbocycles. The maximum Gasteiger partial charge on any atom is 0.275 e. The fourth-order valence-corrected chi connectivity index (χ4v) is 3.71. The Balaban J connectivity index is 1.49. The van der Waals surface area contributed by atoms with E-state index in [-0.39, 0.29) is 5.91 Å². The molecule has 1 saturated heterocycles. The van der Waals surface area contributed by atoms with Crippen LogP contribution < -0.4 is 5.32 Å². The molecule has 1 fully saturated rings. The zero-order valence-corrected chi connectivity index (χ0v) is 15.7. The summed E-state index contributed by atoms with van der Waals surface area (Å²) in [5.41, 5.74) is 2.44. The van der Waals surface area contributed by atoms with Crippen LogP contribution >= 0.6 is 0 Å². The van der Waals surface area contributed by atoms with Crippen LogP contribution in [-0.2, 0) is 6.42 Å². The lowest BCUT2D eigenvalue weighted by Gasteiger charge is -2.36. The second kappa shape index (κ2) is 8.90. The Kier molecular flexibility index (Phi) is 6.34. The molecule has 1 aliphatic heterocycles. The highest BCUT2D eigenvalue weighted by Crippen LogP contribution is 2.27. The number of carbonyl (C=O) groups is 1. The summed E-state index contributed by atoms with van der Waals surface area (Å²) in [4.78, 5) is 22.6. The predicted octanol–water partition coefficient (Wildman–Crippen LogP) is 3.64. The Bertz CT molecular complexity index is 702. The lowest BCUT2D eigenvalue weighted by atomic mass is 9.83. The molecule has 26 heavy (non-hydrogen) atoms. The number of hydrogen-bond acceptors (Lipinski definition) is 4. The zero-order valence-electron chi connectivity index (χ0n) is 15.7. The Morgan fingerprint density at radius 2 is 2.08 bits per heavy atom. The molecule has 3 rings (SSSR count). The van der Waals surface area contributed by atoms with Crippen LogP contribution in [0.25, 0.3) is 0 Å². The van der Waals surface area contributed by atoms with E-state index in [0.29, 0.717) is 5.69 Å². The Labute approximate surface area is 155 Å². The van der Waals surface area contributed by atoms with Gasteiger partial charge in [0.15, 0.2) is 0 Å². The van der Waals surface area contributed by atoms with E-state index in [1.807, 2.05) is 12.1 Å². The van der Waals surface area contributed by atoms with Crippen molar-refractivity contribution in [1.82, 2.24) is 14.9 Å². The van der Waals surface area contributed by atoms with Gasteiger partial charge in [0.25, 0.3) is 5.91 Å². The predicted molar refractivity (Wildman–Crippen MR) is 104 cm³/mol. The third-order valence-electron chi connectivity index (χ3n) is 5.43. The monoisotopic (exact) mass is 352 g/mol. The molecule has 138 valence electrons. The molecular formula is C21H28N4O. The van der Waals surface area contributed by atoms with E-state index in [4.69, 9.17) is 0 Å². The quantitative estimate of drug-likeness (QED) is 0.862. The maximum absolute atomic E-state index is 12.1. The van der Waals surface area contributed by atoms with Crippen molar-refractivity contribution >= 4 is 11.6 Å². The number of likely N-dealkylation sites (tertiary alicyclic amines) is 1. The summed E-state index contributed by atoms with van der Waals surface area (Å²) in [5.74, 6) is 1.35. The molecule has 0 spiro atoms. The standard InChI is InChI=1S/C21H28N4O/c1-3-25-13-10-18(16(2)15-25)7-4-17-5-8-19(9-6-17)24-21(26)20-14-22-11-12-23-20/h5-6,8-9,11-12,14,16,18H,3-4,7,10,13,15H2,1-2H3,(H,24,26). The van der Waals surface area contributed by atoms with Gasteiger partial charge in [-0.3, -0.25) is 9.78 Å². The van der Waals surface area contributed by atoms with Crippen molar-refractivity contribution in [3.8, 4) is 0 Å². The van der Waals surface area contributed by atoms with Gasteiger partial charge in [0, 0.05) is 24.6 Å². The van der Waals surface area contributed by atoms with Gasteiger partial charge in [0.05, 0.1) is 6.20 Å². The summed E-state index contributed by atoms with van der Waals surface area (Å²) < 4.78 is 0. The minimum Gasteiger partial charge on any atom is -0.321 e. The van der Waals surface area contributed by atoms with E-state index in [1.54, 1.807) is 6.20 Å². The van der Waals surface area contributed by atoms with Gasteiger partial charge in [-0.25, -0.2) is 4.98 Å². The molecule has 1 aliphatic rings. The van der Waals surface area contributed by atoms with Crippen LogP contribution in [0.15, 0.2) is 42.9 Å². The highest BCUT2D eigenvalue weighted by molar-refractivity contribution is 6.02. The first kappa shape index (κ1) is 18.5. The zero-order chi connectivity index (χ0) is 18.4. The average Bonchev–Trinajstić information content (AvgIpc) is 2.68. The number of nitrogens with one attached hydrogen (secondary N) is 1. The van der Waals surface area contributed by atoms with Gasteiger partial charge < -0.3 is 10.2 Å². The van der Waals surface area contributed by atoms with Crippen LogP contribution in [-0.4, -0.2) is 40.4 Å². The van der Waals surface area contributed by atoms with Crippen molar-refractivity contribution in [1.29, 1.82) is 0 Å². The second-order valence-electron chi connectivity index (χ2n) is 7.20. The Morgan fingerprint density at radius 3 is 2.73 bits per heavy atom. The van der Waals surface area contributed by atoms with Crippen LogP contribution in [0, 0.1) is 11.8 Å². The van der Waals surface area contributed by atoms with Gasteiger partial charge in [-0.2, -0.15) is 0 Å². The highest BCUT2D eigenvalue weighted by atomic mass is 16.1. The number of amides is 1. The largest absolute Gasteiger partial charge is 0.321 e. The number of carbonyl (C=O) groups excluding carboxylic acids is 1. The molecule has 1 aromatic heterocycles. The van der Waals surface area contributed by atoms with E-state index in [1.165, 1.54) is 50.4 Å². The van der Waals surface area contributed by atoms with E-state index in [9.17, 15) is 4.79 Å². The molecule has 0 bridgehead atoms. The second-order valence-corrected chi connectivity index (χ2v) is 7.20. The van der Waals surface area contributed by atoms with Crippen molar-refractivity contribution in [2.45, 2.75) is 33.1 Å². The van der Waals surface area contributed by atoms with Crippen molar-refractivity contribution < 1.29 is 4.79 Å². The van der Waals surface area contributed by atoms with Crippen LogP contribution in [0.2, 0.25) is 0 Å². The summed E-state index contributed by atoms with van der Waals surface area (Å²) >= 11 is 0. The van der Waals surface area contributed by atoms with Gasteiger partial charge >= 0.3 is 0 Å². The number of aromatic nitrogens is 2. The smallest absolute Gasteiger partial charge is 0.275 e. The molecule has 5 heteroatoms. The van der Waals surface area contributed by atoms with Gasteiger partial charge in [0.2, 0.25) is 0 Å². The summed E-state index contributed by atoms with van der Waals surface area (Å²) in [6, 6.07) is 8.15. The normalized spacial score (nSPS) is 20.7. The summed E-state index contributed by atoms with van der Waals surface area (Å²) in [7, 11) is 0. The third-order valence-corrected chi connectivity index (χ3v) is 5.43. The molecule has 1 amide bonds. The molecule has 1 N–H and O–H groups in total. The first-order valence-corrected chi connectivity index (χ1v) is 9.54. The molecule has 2 atom stereocenters. The third kappa shape index (κ3) is 4.88. The SMILES string of the molecule is CCN1CCC(CCc2ccc(NC(=O)c3cnccn3)cc2)C(C)C1. The number of hydrogen-bond donors (Lipinski definition) is 1. The molecule has 0 saturated carbocycles. The Morgan fingerprint density at radius 1 is 1.27 bits per heavy atom. The number of benzene rings is 1. The summed E-state index contributed by atoms with van der Waals surface area (Å²) in [5, 5.41) is 2.86. The minimum absolute atomic E-state index is 0.234. The van der Waals surface area contributed by atoms with E-state index >= 15 is 0 Å². The number of piperidine rings is 1. The van der Waals surface area contributed by atoms with Crippen molar-refractivity contribution in [3.63, 3.8) is 0 Å². The number of anilines is 1. The summed E-state index contributed by atoms with van der Waals surface area (Å²) in [6.07, 6.45) is 8.18. The van der Waals surface area contributed by atoms with Crippen molar-refractivity contribution in [2.24, 2.45) is 11.8 Å². The average molecular weight is 352 g/mol. The van der Waals surface area contributed by atoms with Crippen molar-refractivity contribution in [2.75, 3.05) is 25.0 Å². The molecule has 5 nitrogen and oxygen atoms in total. The van der Waals surface area contributed by atoms with Gasteiger partial charge in [-0.1, -0.05) is 26.0 Å². The molecule has 2 aromatic rings. The highest BCUT2D eigenvalue weighted by Gasteiger charge is 2.24. The number of rotatable bonds is 6. The number of aryl methyl sites for hydroxylation is 1. The molecule has 0 radical (unpaired) electrons.